The predicted octanol–water partition coefficient (Wildman–Crippen LogP) is 3.38. The first kappa shape index (κ1) is 18.5. The quantitative estimate of drug-likeness (QED) is 0.840. The average molecular weight is 340 g/mol. The number of carbonyl (C=O) groups is 2. The molecule has 2 aromatic carbocycles. The van der Waals surface area contributed by atoms with Crippen LogP contribution in [-0.4, -0.2) is 30.4 Å². The molecule has 5 nitrogen and oxygen atoms in total. The van der Waals surface area contributed by atoms with Crippen molar-refractivity contribution in [2.24, 2.45) is 0 Å². The number of hydrogen-bond donors (Lipinski definition) is 1. The molecule has 0 heterocycles. The third-order valence-corrected chi connectivity index (χ3v) is 4.03. The highest BCUT2D eigenvalue weighted by atomic mass is 16.5. The maximum Gasteiger partial charge on any atom is 0.226 e. The van der Waals surface area contributed by atoms with Crippen molar-refractivity contribution in [3.05, 3.63) is 59.7 Å². The minimum absolute atomic E-state index is 0.0744. The molecule has 0 saturated carbocycles. The Morgan fingerprint density at radius 3 is 2.44 bits per heavy atom. The number of benzene rings is 2. The number of hydrogen-bond acceptors (Lipinski definition) is 3. The van der Waals surface area contributed by atoms with Crippen molar-refractivity contribution in [1.82, 2.24) is 4.90 Å². The Morgan fingerprint density at radius 1 is 1.08 bits per heavy atom. The lowest BCUT2D eigenvalue weighted by Gasteiger charge is -2.22. The predicted molar refractivity (Wildman–Crippen MR) is 98.5 cm³/mol. The number of rotatable bonds is 7. The minimum atomic E-state index is -0.111. The third-order valence-electron chi connectivity index (χ3n) is 4.03. The Hall–Kier alpha value is -2.82. The molecule has 0 radical (unpaired) electrons. The maximum atomic E-state index is 12.2. The van der Waals surface area contributed by atoms with E-state index in [2.05, 4.69) is 5.32 Å². The van der Waals surface area contributed by atoms with E-state index in [0.29, 0.717) is 13.1 Å². The van der Waals surface area contributed by atoms with Crippen molar-refractivity contribution in [3.8, 4) is 5.75 Å². The van der Waals surface area contributed by atoms with Gasteiger partial charge in [0.05, 0.1) is 7.11 Å². The van der Waals surface area contributed by atoms with Gasteiger partial charge in [0.1, 0.15) is 5.75 Å². The topological polar surface area (TPSA) is 58.6 Å². The van der Waals surface area contributed by atoms with Gasteiger partial charge in [0.15, 0.2) is 0 Å². The first-order valence-electron chi connectivity index (χ1n) is 8.24. The van der Waals surface area contributed by atoms with Gasteiger partial charge in [0.2, 0.25) is 11.8 Å². The van der Waals surface area contributed by atoms with E-state index < -0.39 is 0 Å². The molecule has 0 atom stereocenters. The Labute approximate surface area is 148 Å². The highest BCUT2D eigenvalue weighted by molar-refractivity contribution is 5.91. The van der Waals surface area contributed by atoms with Gasteiger partial charge in [-0.1, -0.05) is 36.4 Å². The highest BCUT2D eigenvalue weighted by Gasteiger charge is 2.14. The van der Waals surface area contributed by atoms with Crippen molar-refractivity contribution >= 4 is 17.5 Å². The number of aryl methyl sites for hydroxylation is 1. The fourth-order valence-corrected chi connectivity index (χ4v) is 2.55. The van der Waals surface area contributed by atoms with Crippen LogP contribution in [0.4, 0.5) is 5.69 Å². The van der Waals surface area contributed by atoms with Crippen molar-refractivity contribution in [2.45, 2.75) is 26.8 Å². The standard InChI is InChI=1S/C20H24N2O3/c1-15-8-4-6-10-18(15)21-20(24)12-13-22(16(2)23)14-17-9-5-7-11-19(17)25-3/h4-11H,12-14H2,1-3H3,(H,21,24). The van der Waals surface area contributed by atoms with Crippen LogP contribution >= 0.6 is 0 Å². The summed E-state index contributed by atoms with van der Waals surface area (Å²) in [6.07, 6.45) is 0.239. The van der Waals surface area contributed by atoms with Crippen LogP contribution in [0.5, 0.6) is 5.75 Å². The number of para-hydroxylation sites is 2. The van der Waals surface area contributed by atoms with Crippen LogP contribution in [0.3, 0.4) is 0 Å². The fourth-order valence-electron chi connectivity index (χ4n) is 2.55. The summed E-state index contributed by atoms with van der Waals surface area (Å²) in [6.45, 7) is 4.22. The second kappa shape index (κ2) is 8.87. The van der Waals surface area contributed by atoms with Crippen LogP contribution in [0.15, 0.2) is 48.5 Å². The second-order valence-corrected chi connectivity index (χ2v) is 5.87. The van der Waals surface area contributed by atoms with Gasteiger partial charge >= 0.3 is 0 Å². The summed E-state index contributed by atoms with van der Waals surface area (Å²) >= 11 is 0. The van der Waals surface area contributed by atoms with Crippen LogP contribution in [0.2, 0.25) is 0 Å². The van der Waals surface area contributed by atoms with Gasteiger partial charge in [-0.2, -0.15) is 0 Å². The van der Waals surface area contributed by atoms with E-state index in [0.717, 1.165) is 22.6 Å². The molecule has 25 heavy (non-hydrogen) atoms. The van der Waals surface area contributed by atoms with Crippen LogP contribution in [-0.2, 0) is 16.1 Å². The molecule has 0 saturated heterocycles. The summed E-state index contributed by atoms with van der Waals surface area (Å²) in [5.41, 5.74) is 2.72. The van der Waals surface area contributed by atoms with E-state index in [1.165, 1.54) is 6.92 Å². The fraction of sp³-hybridized carbons (Fsp3) is 0.300. The van der Waals surface area contributed by atoms with Crippen LogP contribution in [0.25, 0.3) is 0 Å². The Balaban J connectivity index is 1.96. The molecule has 0 unspecified atom stereocenters. The van der Waals surface area contributed by atoms with E-state index in [1.807, 2.05) is 55.5 Å². The Bertz CT molecular complexity index is 743. The first-order chi connectivity index (χ1) is 12.0. The molecule has 1 N–H and O–H groups in total. The lowest BCUT2D eigenvalue weighted by Crippen LogP contribution is -2.31. The SMILES string of the molecule is COc1ccccc1CN(CCC(=O)Nc1ccccc1C)C(C)=O. The molecule has 2 amide bonds. The van der Waals surface area contributed by atoms with E-state index in [4.69, 9.17) is 4.74 Å². The van der Waals surface area contributed by atoms with Gasteiger partial charge < -0.3 is 15.0 Å². The lowest BCUT2D eigenvalue weighted by atomic mass is 10.1. The molecule has 2 aromatic rings. The molecule has 0 aromatic heterocycles. The highest BCUT2D eigenvalue weighted by Crippen LogP contribution is 2.19. The summed E-state index contributed by atoms with van der Waals surface area (Å²) in [7, 11) is 1.60. The van der Waals surface area contributed by atoms with E-state index >= 15 is 0 Å². The third kappa shape index (κ3) is 5.35. The molecule has 0 spiro atoms. The van der Waals surface area contributed by atoms with Gasteiger partial charge in [-0.25, -0.2) is 0 Å². The summed E-state index contributed by atoms with van der Waals surface area (Å²) < 4.78 is 5.33. The van der Waals surface area contributed by atoms with Gasteiger partial charge in [-0.15, -0.1) is 0 Å². The molecule has 0 bridgehead atoms. The molecule has 0 aliphatic carbocycles. The molecular formula is C20H24N2O3. The molecule has 0 aliphatic rings. The monoisotopic (exact) mass is 340 g/mol. The molecule has 2 rings (SSSR count). The van der Waals surface area contributed by atoms with Crippen molar-refractivity contribution in [2.75, 3.05) is 19.0 Å². The van der Waals surface area contributed by atoms with Gasteiger partial charge in [0, 0.05) is 37.7 Å². The number of anilines is 1. The largest absolute Gasteiger partial charge is 0.496 e. The van der Waals surface area contributed by atoms with Crippen LogP contribution < -0.4 is 10.1 Å². The summed E-state index contributed by atoms with van der Waals surface area (Å²) in [5.74, 6) is 0.549. The van der Waals surface area contributed by atoms with Crippen LogP contribution in [0.1, 0.15) is 24.5 Å². The molecule has 0 aliphatic heterocycles. The van der Waals surface area contributed by atoms with E-state index in [9.17, 15) is 9.59 Å². The normalized spacial score (nSPS) is 10.2. The zero-order valence-corrected chi connectivity index (χ0v) is 14.9. The number of amides is 2. The first-order valence-corrected chi connectivity index (χ1v) is 8.24. The summed E-state index contributed by atoms with van der Waals surface area (Å²) in [4.78, 5) is 25.8. The number of methoxy groups -OCH3 is 1. The zero-order chi connectivity index (χ0) is 18.2. The lowest BCUT2D eigenvalue weighted by molar-refractivity contribution is -0.129. The minimum Gasteiger partial charge on any atom is -0.496 e. The molecule has 5 heteroatoms. The van der Waals surface area contributed by atoms with Crippen LogP contribution in [0, 0.1) is 6.92 Å². The number of ether oxygens (including phenoxy) is 1. The Kier molecular flexibility index (Phi) is 6.57. The van der Waals surface area contributed by atoms with Crippen molar-refractivity contribution in [1.29, 1.82) is 0 Å². The van der Waals surface area contributed by atoms with E-state index in [1.54, 1.807) is 12.0 Å². The van der Waals surface area contributed by atoms with E-state index in [-0.39, 0.29) is 18.2 Å². The van der Waals surface area contributed by atoms with Gasteiger partial charge in [-0.05, 0) is 24.6 Å². The number of nitrogens with zero attached hydrogens (tertiary/aromatic N) is 1. The molecule has 0 fully saturated rings. The summed E-state index contributed by atoms with van der Waals surface area (Å²) in [5, 5.41) is 2.89. The van der Waals surface area contributed by atoms with Crippen molar-refractivity contribution < 1.29 is 14.3 Å². The number of nitrogens with one attached hydrogen (secondary N) is 1. The smallest absolute Gasteiger partial charge is 0.226 e. The van der Waals surface area contributed by atoms with Gasteiger partial charge in [-0.3, -0.25) is 9.59 Å². The van der Waals surface area contributed by atoms with Crippen molar-refractivity contribution in [3.63, 3.8) is 0 Å². The second-order valence-electron chi connectivity index (χ2n) is 5.87. The summed E-state index contributed by atoms with van der Waals surface area (Å²) in [6, 6.07) is 15.2. The zero-order valence-electron chi connectivity index (χ0n) is 14.9. The van der Waals surface area contributed by atoms with Gasteiger partial charge in [0.25, 0.3) is 0 Å². The maximum absolute atomic E-state index is 12.2. The number of carbonyl (C=O) groups excluding carboxylic acids is 2. The Morgan fingerprint density at radius 2 is 1.76 bits per heavy atom. The average Bonchev–Trinajstić information content (AvgIpc) is 2.60. The molecule has 132 valence electrons. The molecular weight excluding hydrogens is 316 g/mol.